The minimum atomic E-state index is -0.832. The molecule has 6 heteroatoms. The van der Waals surface area contributed by atoms with E-state index in [0.717, 1.165) is 5.56 Å². The van der Waals surface area contributed by atoms with Gasteiger partial charge >= 0.3 is 6.09 Å². The summed E-state index contributed by atoms with van der Waals surface area (Å²) in [4.78, 5) is 14.5. The summed E-state index contributed by atoms with van der Waals surface area (Å²) in [7, 11) is 0. The van der Waals surface area contributed by atoms with Gasteiger partial charge in [0.1, 0.15) is 19.0 Å². The summed E-state index contributed by atoms with van der Waals surface area (Å²) in [6.45, 7) is 0.366. The molecule has 0 aliphatic heterocycles. The van der Waals surface area contributed by atoms with Gasteiger partial charge in [-0.1, -0.05) is 12.1 Å². The topological polar surface area (TPSA) is 74.4 Å². The van der Waals surface area contributed by atoms with Gasteiger partial charge in [-0.2, -0.15) is 0 Å². The Kier molecular flexibility index (Phi) is 4.49. The molecule has 0 fully saturated rings. The van der Waals surface area contributed by atoms with E-state index in [1.807, 2.05) is 0 Å². The number of hydrogen-bond donors (Lipinski definition) is 1. The second-order valence-electron chi connectivity index (χ2n) is 4.03. The van der Waals surface area contributed by atoms with Crippen LogP contribution >= 0.6 is 0 Å². The average molecular weight is 276 g/mol. The maximum Gasteiger partial charge on any atom is 0.404 e. The van der Waals surface area contributed by atoms with Crippen molar-refractivity contribution >= 4 is 6.09 Å². The van der Waals surface area contributed by atoms with Gasteiger partial charge in [0.05, 0.1) is 0 Å². The molecule has 0 aliphatic carbocycles. The van der Waals surface area contributed by atoms with Crippen molar-refractivity contribution in [2.75, 3.05) is 0 Å². The molecule has 20 heavy (non-hydrogen) atoms. The molecule has 2 aromatic rings. The van der Waals surface area contributed by atoms with E-state index in [1.54, 1.807) is 24.3 Å². The maximum absolute atomic E-state index is 12.7. The molecule has 1 aromatic carbocycles. The van der Waals surface area contributed by atoms with Gasteiger partial charge in [0.25, 0.3) is 0 Å². The number of primary amides is 1. The molecule has 1 aromatic heterocycles. The zero-order chi connectivity index (χ0) is 14.4. The van der Waals surface area contributed by atoms with Gasteiger partial charge in [0.15, 0.2) is 0 Å². The summed E-state index contributed by atoms with van der Waals surface area (Å²) in [6.07, 6.45) is 0.699. The van der Waals surface area contributed by atoms with E-state index in [2.05, 4.69) is 9.72 Å². The normalized spacial score (nSPS) is 10.1. The molecule has 2 rings (SSSR count). The van der Waals surface area contributed by atoms with Crippen LogP contribution in [0, 0.1) is 5.82 Å². The zero-order valence-corrected chi connectivity index (χ0v) is 10.6. The van der Waals surface area contributed by atoms with Crippen molar-refractivity contribution in [3.8, 4) is 5.88 Å². The number of amides is 1. The van der Waals surface area contributed by atoms with Gasteiger partial charge < -0.3 is 15.2 Å². The van der Waals surface area contributed by atoms with Crippen LogP contribution in [0.5, 0.6) is 5.88 Å². The van der Waals surface area contributed by atoms with Crippen molar-refractivity contribution in [1.82, 2.24) is 4.98 Å². The number of nitrogens with zero attached hydrogens (tertiary/aromatic N) is 1. The Morgan fingerprint density at radius 3 is 2.40 bits per heavy atom. The highest BCUT2D eigenvalue weighted by Gasteiger charge is 2.01. The maximum atomic E-state index is 12.7. The lowest BCUT2D eigenvalue weighted by Crippen LogP contribution is -2.12. The third-order valence-electron chi connectivity index (χ3n) is 2.48. The van der Waals surface area contributed by atoms with Crippen LogP contribution in [0.2, 0.25) is 0 Å². The molecular weight excluding hydrogens is 263 g/mol. The Morgan fingerprint density at radius 1 is 1.10 bits per heavy atom. The summed E-state index contributed by atoms with van der Waals surface area (Å²) in [5.74, 6) is 0.142. The number of aromatic nitrogens is 1. The van der Waals surface area contributed by atoms with Gasteiger partial charge in [-0.15, -0.1) is 0 Å². The zero-order valence-electron chi connectivity index (χ0n) is 10.6. The van der Waals surface area contributed by atoms with E-state index in [1.165, 1.54) is 18.3 Å². The summed E-state index contributed by atoms with van der Waals surface area (Å²) in [5.41, 5.74) is 6.41. The standard InChI is InChI=1S/C14H13FN2O3/c15-12-4-1-10(2-5-12)8-19-13-6-3-11(7-17-13)9-20-14(16)18/h1-7H,8-9H2,(H2,16,18). The molecule has 0 atom stereocenters. The van der Waals surface area contributed by atoms with E-state index in [0.29, 0.717) is 18.1 Å². The first-order chi connectivity index (χ1) is 9.63. The van der Waals surface area contributed by atoms with E-state index < -0.39 is 6.09 Å². The van der Waals surface area contributed by atoms with E-state index in [4.69, 9.17) is 10.5 Å². The van der Waals surface area contributed by atoms with Crippen LogP contribution in [0.3, 0.4) is 0 Å². The molecule has 0 saturated carbocycles. The molecule has 1 amide bonds. The highest BCUT2D eigenvalue weighted by molar-refractivity contribution is 5.64. The Bertz CT molecular complexity index is 570. The molecule has 0 saturated heterocycles. The number of hydrogen-bond acceptors (Lipinski definition) is 4. The number of carbonyl (C=O) groups excluding carboxylic acids is 1. The molecule has 1 heterocycles. The summed E-state index contributed by atoms with van der Waals surface area (Å²) >= 11 is 0. The molecule has 0 spiro atoms. The third-order valence-corrected chi connectivity index (χ3v) is 2.48. The van der Waals surface area contributed by atoms with Crippen molar-refractivity contribution < 1.29 is 18.7 Å². The quantitative estimate of drug-likeness (QED) is 0.909. The fraction of sp³-hybridized carbons (Fsp3) is 0.143. The van der Waals surface area contributed by atoms with E-state index in [-0.39, 0.29) is 12.4 Å². The van der Waals surface area contributed by atoms with Crippen molar-refractivity contribution in [1.29, 1.82) is 0 Å². The summed E-state index contributed by atoms with van der Waals surface area (Å²) in [5, 5.41) is 0. The predicted molar refractivity (Wildman–Crippen MR) is 69.3 cm³/mol. The third kappa shape index (κ3) is 4.24. The SMILES string of the molecule is NC(=O)OCc1ccc(OCc2ccc(F)cc2)nc1. The largest absolute Gasteiger partial charge is 0.473 e. The van der Waals surface area contributed by atoms with Crippen LogP contribution in [0.15, 0.2) is 42.6 Å². The van der Waals surface area contributed by atoms with Gasteiger partial charge in [-0.3, -0.25) is 0 Å². The first kappa shape index (κ1) is 13.8. The molecule has 0 radical (unpaired) electrons. The van der Waals surface area contributed by atoms with Crippen molar-refractivity contribution in [3.63, 3.8) is 0 Å². The number of ether oxygens (including phenoxy) is 2. The molecule has 104 valence electrons. The minimum Gasteiger partial charge on any atom is -0.473 e. The highest BCUT2D eigenvalue weighted by atomic mass is 19.1. The Labute approximate surface area is 115 Å². The van der Waals surface area contributed by atoms with Gasteiger partial charge in [-0.05, 0) is 23.8 Å². The van der Waals surface area contributed by atoms with E-state index >= 15 is 0 Å². The number of rotatable bonds is 5. The second-order valence-corrected chi connectivity index (χ2v) is 4.03. The molecule has 0 aliphatic rings. The van der Waals surface area contributed by atoms with Crippen LogP contribution in [0.1, 0.15) is 11.1 Å². The molecular formula is C14H13FN2O3. The lowest BCUT2D eigenvalue weighted by molar-refractivity contribution is 0.150. The van der Waals surface area contributed by atoms with Crippen LogP contribution in [-0.2, 0) is 18.0 Å². The number of carbonyl (C=O) groups is 1. The Balaban J connectivity index is 1.87. The number of pyridine rings is 1. The molecule has 2 N–H and O–H groups in total. The summed E-state index contributed by atoms with van der Waals surface area (Å²) in [6, 6.07) is 9.40. The lowest BCUT2D eigenvalue weighted by Gasteiger charge is -2.06. The number of benzene rings is 1. The fourth-order valence-electron chi connectivity index (χ4n) is 1.47. The minimum absolute atomic E-state index is 0.0700. The summed E-state index contributed by atoms with van der Waals surface area (Å²) < 4.78 is 22.8. The second kappa shape index (κ2) is 6.51. The van der Waals surface area contributed by atoms with Crippen LogP contribution in [0.25, 0.3) is 0 Å². The molecule has 5 nitrogen and oxygen atoms in total. The van der Waals surface area contributed by atoms with Gasteiger partial charge in [-0.25, -0.2) is 14.2 Å². The van der Waals surface area contributed by atoms with Crippen LogP contribution in [0.4, 0.5) is 9.18 Å². The first-order valence-electron chi connectivity index (χ1n) is 5.88. The average Bonchev–Trinajstić information content (AvgIpc) is 2.45. The molecule has 0 unspecified atom stereocenters. The molecule has 0 bridgehead atoms. The highest BCUT2D eigenvalue weighted by Crippen LogP contribution is 2.11. The Hall–Kier alpha value is -2.63. The smallest absolute Gasteiger partial charge is 0.404 e. The fourth-order valence-corrected chi connectivity index (χ4v) is 1.47. The monoisotopic (exact) mass is 276 g/mol. The van der Waals surface area contributed by atoms with Gasteiger partial charge in [0.2, 0.25) is 5.88 Å². The van der Waals surface area contributed by atoms with Crippen molar-refractivity contribution in [2.24, 2.45) is 5.73 Å². The van der Waals surface area contributed by atoms with E-state index in [9.17, 15) is 9.18 Å². The Morgan fingerprint density at radius 2 is 1.80 bits per heavy atom. The van der Waals surface area contributed by atoms with Crippen molar-refractivity contribution in [2.45, 2.75) is 13.2 Å². The lowest BCUT2D eigenvalue weighted by atomic mass is 10.2. The predicted octanol–water partition coefficient (Wildman–Crippen LogP) is 2.40. The van der Waals surface area contributed by atoms with Crippen LogP contribution < -0.4 is 10.5 Å². The first-order valence-corrected chi connectivity index (χ1v) is 5.88. The van der Waals surface area contributed by atoms with Crippen molar-refractivity contribution in [3.05, 3.63) is 59.5 Å². The van der Waals surface area contributed by atoms with Crippen LogP contribution in [-0.4, -0.2) is 11.1 Å². The number of nitrogens with two attached hydrogens (primary N) is 1. The number of halogens is 1. The van der Waals surface area contributed by atoms with Gasteiger partial charge in [0, 0.05) is 17.8 Å².